The summed E-state index contributed by atoms with van der Waals surface area (Å²) >= 11 is 0. The second-order valence-electron chi connectivity index (χ2n) is 5.50. The molecule has 0 amide bonds. The number of aliphatic carboxylic acids is 1. The number of hydrogen-bond donors (Lipinski definition) is 2. The van der Waals surface area contributed by atoms with Crippen LogP contribution in [-0.2, 0) is 15.0 Å². The van der Waals surface area contributed by atoms with Gasteiger partial charge in [0.15, 0.2) is 11.6 Å². The molecule has 6 nitrogen and oxygen atoms in total. The molecular weight excluding hydrogens is 330 g/mol. The molecule has 0 radical (unpaired) electrons. The monoisotopic (exact) mass is 348 g/mol. The Balaban J connectivity index is 2.07. The lowest BCUT2D eigenvalue weighted by molar-refractivity contribution is -0.142. The van der Waals surface area contributed by atoms with Crippen molar-refractivity contribution in [2.24, 2.45) is 5.92 Å². The molecule has 1 fully saturated rings. The number of rotatable bonds is 5. The van der Waals surface area contributed by atoms with E-state index in [2.05, 4.69) is 4.72 Å². The molecule has 0 bridgehead atoms. The fourth-order valence-corrected chi connectivity index (χ4v) is 3.97. The van der Waals surface area contributed by atoms with Crippen LogP contribution in [-0.4, -0.2) is 36.9 Å². The normalized spacial score (nSPS) is 18.7. The van der Waals surface area contributed by atoms with E-state index in [1.807, 2.05) is 0 Å². The second-order valence-corrected chi connectivity index (χ2v) is 7.20. The molecular formula is C14H18F2N2O4S. The molecule has 1 aromatic carbocycles. The molecule has 2 N–H and O–H groups in total. The third kappa shape index (κ3) is 4.04. The van der Waals surface area contributed by atoms with Gasteiger partial charge >= 0.3 is 5.97 Å². The number of carbonyl (C=O) groups is 1. The number of nitrogens with zero attached hydrogens (tertiary/aromatic N) is 1. The first-order chi connectivity index (χ1) is 10.7. The third-order valence-corrected chi connectivity index (χ3v) is 5.61. The van der Waals surface area contributed by atoms with Crippen molar-refractivity contribution in [1.82, 2.24) is 9.03 Å². The lowest BCUT2D eigenvalue weighted by atomic mass is 9.99. The van der Waals surface area contributed by atoms with Crippen LogP contribution in [0, 0.1) is 17.6 Å². The minimum absolute atomic E-state index is 0.0741. The predicted molar refractivity (Wildman–Crippen MR) is 78.8 cm³/mol. The first-order valence-corrected chi connectivity index (χ1v) is 8.60. The molecule has 0 saturated carbocycles. The van der Waals surface area contributed by atoms with Gasteiger partial charge in [-0.25, -0.2) is 8.78 Å². The molecule has 23 heavy (non-hydrogen) atoms. The van der Waals surface area contributed by atoms with E-state index < -0.39 is 39.8 Å². The van der Waals surface area contributed by atoms with Crippen molar-refractivity contribution in [3.05, 3.63) is 35.4 Å². The molecule has 1 aromatic rings. The van der Waals surface area contributed by atoms with Crippen molar-refractivity contribution in [2.45, 2.75) is 25.8 Å². The molecule has 1 atom stereocenters. The van der Waals surface area contributed by atoms with Gasteiger partial charge in [-0.2, -0.15) is 17.4 Å². The van der Waals surface area contributed by atoms with Gasteiger partial charge in [-0.15, -0.1) is 0 Å². The molecule has 2 rings (SSSR count). The van der Waals surface area contributed by atoms with Crippen LogP contribution >= 0.6 is 0 Å². The Labute approximate surface area is 133 Å². The number of carboxylic acid groups (broad SMARTS) is 1. The number of hydrogen-bond acceptors (Lipinski definition) is 3. The zero-order valence-corrected chi connectivity index (χ0v) is 13.3. The summed E-state index contributed by atoms with van der Waals surface area (Å²) in [7, 11) is -3.91. The Morgan fingerprint density at radius 1 is 1.35 bits per heavy atom. The highest BCUT2D eigenvalue weighted by Gasteiger charge is 2.32. The summed E-state index contributed by atoms with van der Waals surface area (Å²) in [4.78, 5) is 10.9. The van der Waals surface area contributed by atoms with Crippen LogP contribution in [0.15, 0.2) is 18.2 Å². The number of nitrogens with one attached hydrogen (secondary N) is 1. The smallest absolute Gasteiger partial charge is 0.306 e. The van der Waals surface area contributed by atoms with Gasteiger partial charge in [0.05, 0.1) is 5.92 Å². The molecule has 1 unspecified atom stereocenters. The summed E-state index contributed by atoms with van der Waals surface area (Å²) in [5.41, 5.74) is -0.0889. The second kappa shape index (κ2) is 6.90. The average Bonchev–Trinajstić information content (AvgIpc) is 2.49. The summed E-state index contributed by atoms with van der Waals surface area (Å²) < 4.78 is 55.0. The van der Waals surface area contributed by atoms with E-state index in [0.29, 0.717) is 0 Å². The molecule has 128 valence electrons. The topological polar surface area (TPSA) is 86.7 Å². The Kier molecular flexibility index (Phi) is 5.33. The van der Waals surface area contributed by atoms with E-state index >= 15 is 0 Å². The molecule has 0 spiro atoms. The van der Waals surface area contributed by atoms with Crippen molar-refractivity contribution in [2.75, 3.05) is 13.1 Å². The maximum atomic E-state index is 13.7. The van der Waals surface area contributed by atoms with E-state index in [4.69, 9.17) is 5.11 Å². The lowest BCUT2D eigenvalue weighted by Gasteiger charge is -2.30. The van der Waals surface area contributed by atoms with Crippen molar-refractivity contribution >= 4 is 16.2 Å². The fourth-order valence-electron chi connectivity index (χ4n) is 2.56. The van der Waals surface area contributed by atoms with Gasteiger partial charge in [0.1, 0.15) is 0 Å². The Hall–Kier alpha value is -1.58. The van der Waals surface area contributed by atoms with Gasteiger partial charge in [0.25, 0.3) is 10.2 Å². The SMILES string of the molecule is CC(NS(=O)(=O)N1CCC(C(=O)O)CC1)c1cccc(F)c1F. The largest absolute Gasteiger partial charge is 0.481 e. The van der Waals surface area contributed by atoms with Gasteiger partial charge in [0, 0.05) is 24.7 Å². The van der Waals surface area contributed by atoms with E-state index in [9.17, 15) is 22.0 Å². The Bertz CT molecular complexity index is 688. The first-order valence-electron chi connectivity index (χ1n) is 7.16. The molecule has 1 heterocycles. The maximum absolute atomic E-state index is 13.7. The minimum atomic E-state index is -3.91. The summed E-state index contributed by atoms with van der Waals surface area (Å²) in [6, 6.07) is 2.61. The van der Waals surface area contributed by atoms with E-state index in [1.165, 1.54) is 19.1 Å². The number of halogens is 2. The molecule has 1 aliphatic rings. The van der Waals surface area contributed by atoms with Gasteiger partial charge in [0.2, 0.25) is 0 Å². The number of carboxylic acids is 1. The highest BCUT2D eigenvalue weighted by atomic mass is 32.2. The van der Waals surface area contributed by atoms with Crippen LogP contribution < -0.4 is 4.72 Å². The van der Waals surface area contributed by atoms with Crippen LogP contribution in [0.25, 0.3) is 0 Å². The first kappa shape index (κ1) is 17.8. The van der Waals surface area contributed by atoms with Crippen molar-refractivity contribution in [1.29, 1.82) is 0 Å². The van der Waals surface area contributed by atoms with Crippen LogP contribution in [0.1, 0.15) is 31.4 Å². The maximum Gasteiger partial charge on any atom is 0.306 e. The summed E-state index contributed by atoms with van der Waals surface area (Å²) in [6.45, 7) is 1.56. The van der Waals surface area contributed by atoms with E-state index in [0.717, 1.165) is 10.4 Å². The van der Waals surface area contributed by atoms with Gasteiger partial charge in [-0.05, 0) is 25.8 Å². The van der Waals surface area contributed by atoms with Gasteiger partial charge in [-0.3, -0.25) is 4.79 Å². The standard InChI is InChI=1S/C14H18F2N2O4S/c1-9(11-3-2-4-12(15)13(11)16)17-23(21,22)18-7-5-10(6-8-18)14(19)20/h2-4,9-10,17H,5-8H2,1H3,(H,19,20). The van der Waals surface area contributed by atoms with Crippen LogP contribution in [0.4, 0.5) is 8.78 Å². The molecule has 1 aliphatic heterocycles. The van der Waals surface area contributed by atoms with E-state index in [-0.39, 0.29) is 31.5 Å². The summed E-state index contributed by atoms with van der Waals surface area (Å²) in [5, 5.41) is 8.92. The van der Waals surface area contributed by atoms with Crippen LogP contribution in [0.2, 0.25) is 0 Å². The molecule has 9 heteroatoms. The van der Waals surface area contributed by atoms with E-state index in [1.54, 1.807) is 0 Å². The van der Waals surface area contributed by atoms with Gasteiger partial charge in [-0.1, -0.05) is 12.1 Å². The molecule has 1 saturated heterocycles. The van der Waals surface area contributed by atoms with Crippen LogP contribution in [0.5, 0.6) is 0 Å². The van der Waals surface area contributed by atoms with Crippen LogP contribution in [0.3, 0.4) is 0 Å². The highest BCUT2D eigenvalue weighted by molar-refractivity contribution is 7.87. The third-order valence-electron chi connectivity index (χ3n) is 3.92. The fraction of sp³-hybridized carbons (Fsp3) is 0.500. The molecule has 0 aromatic heterocycles. The zero-order chi connectivity index (χ0) is 17.2. The van der Waals surface area contributed by atoms with Crippen molar-refractivity contribution in [3.8, 4) is 0 Å². The lowest BCUT2D eigenvalue weighted by Crippen LogP contribution is -2.46. The highest BCUT2D eigenvalue weighted by Crippen LogP contribution is 2.23. The van der Waals surface area contributed by atoms with Crippen molar-refractivity contribution < 1.29 is 27.1 Å². The Morgan fingerprint density at radius 2 is 1.96 bits per heavy atom. The number of benzene rings is 1. The molecule has 0 aliphatic carbocycles. The predicted octanol–water partition coefficient (Wildman–Crippen LogP) is 1.66. The minimum Gasteiger partial charge on any atom is -0.481 e. The number of piperidine rings is 1. The van der Waals surface area contributed by atoms with Crippen molar-refractivity contribution in [3.63, 3.8) is 0 Å². The quantitative estimate of drug-likeness (QED) is 0.847. The van der Waals surface area contributed by atoms with Gasteiger partial charge < -0.3 is 5.11 Å². The average molecular weight is 348 g/mol. The zero-order valence-electron chi connectivity index (χ0n) is 12.5. The summed E-state index contributed by atoms with van der Waals surface area (Å²) in [6.07, 6.45) is 0.442. The summed E-state index contributed by atoms with van der Waals surface area (Å²) in [5.74, 6) is -3.63. The Morgan fingerprint density at radius 3 is 2.52 bits per heavy atom.